The summed E-state index contributed by atoms with van der Waals surface area (Å²) in [5, 5.41) is 2.92. The van der Waals surface area contributed by atoms with Gasteiger partial charge in [0.15, 0.2) is 0 Å². The van der Waals surface area contributed by atoms with Crippen LogP contribution in [-0.2, 0) is 9.53 Å². The third-order valence-electron chi connectivity index (χ3n) is 2.16. The number of thiophene rings is 1. The molecule has 1 aromatic heterocycles. The average Bonchev–Trinajstić information content (AvgIpc) is 2.71. The van der Waals surface area contributed by atoms with E-state index in [9.17, 15) is 4.79 Å². The lowest BCUT2D eigenvalue weighted by atomic mass is 10.3. The van der Waals surface area contributed by atoms with Crippen LogP contribution in [-0.4, -0.2) is 31.7 Å². The average molecular weight is 212 g/mol. The monoisotopic (exact) mass is 212 g/mol. The van der Waals surface area contributed by atoms with Crippen molar-refractivity contribution in [2.24, 2.45) is 5.73 Å². The van der Waals surface area contributed by atoms with E-state index in [0.29, 0.717) is 13.1 Å². The molecular formula is C9H12N2O2S. The highest BCUT2D eigenvalue weighted by molar-refractivity contribution is 7.14. The number of hydrogen-bond acceptors (Lipinski definition) is 4. The Labute approximate surface area is 86.3 Å². The first-order valence-electron chi connectivity index (χ1n) is 4.47. The Kier molecular flexibility index (Phi) is 2.81. The Morgan fingerprint density at radius 2 is 2.57 bits per heavy atom. The molecule has 0 aromatic carbocycles. The van der Waals surface area contributed by atoms with Gasteiger partial charge in [-0.15, -0.1) is 11.3 Å². The molecule has 2 rings (SSSR count). The van der Waals surface area contributed by atoms with Crippen LogP contribution >= 0.6 is 11.3 Å². The zero-order chi connectivity index (χ0) is 9.97. The number of nitrogens with zero attached hydrogens (tertiary/aromatic N) is 1. The van der Waals surface area contributed by atoms with Crippen LogP contribution in [0.5, 0.6) is 0 Å². The third-order valence-corrected chi connectivity index (χ3v) is 3.06. The summed E-state index contributed by atoms with van der Waals surface area (Å²) in [6, 6.07) is 3.86. The fourth-order valence-electron chi connectivity index (χ4n) is 1.40. The van der Waals surface area contributed by atoms with Gasteiger partial charge in [-0.1, -0.05) is 0 Å². The zero-order valence-corrected chi connectivity index (χ0v) is 8.50. The fraction of sp³-hybridized carbons (Fsp3) is 0.444. The van der Waals surface area contributed by atoms with E-state index < -0.39 is 0 Å². The number of carbonyl (C=O) groups excluding carboxylic acids is 1. The predicted octanol–water partition coefficient (Wildman–Crippen LogP) is 0.439. The van der Waals surface area contributed by atoms with Crippen molar-refractivity contribution in [1.29, 1.82) is 0 Å². The summed E-state index contributed by atoms with van der Waals surface area (Å²) in [6.45, 7) is 1.16. The van der Waals surface area contributed by atoms with Gasteiger partial charge in [0.25, 0.3) is 5.91 Å². The molecule has 1 saturated heterocycles. The topological polar surface area (TPSA) is 55.6 Å². The van der Waals surface area contributed by atoms with E-state index in [2.05, 4.69) is 0 Å². The number of ether oxygens (including phenoxy) is 1. The molecule has 76 valence electrons. The highest BCUT2D eigenvalue weighted by Gasteiger charge is 2.26. The smallest absolute Gasteiger partial charge is 0.253 e. The predicted molar refractivity (Wildman–Crippen MR) is 55.5 cm³/mol. The Bertz CT molecular complexity index is 313. The Morgan fingerprint density at radius 3 is 3.21 bits per heavy atom. The Balaban J connectivity index is 2.13. The molecular weight excluding hydrogens is 200 g/mol. The van der Waals surface area contributed by atoms with Gasteiger partial charge in [0.2, 0.25) is 0 Å². The zero-order valence-electron chi connectivity index (χ0n) is 7.68. The first-order valence-corrected chi connectivity index (χ1v) is 5.35. The molecule has 1 aliphatic heterocycles. The second-order valence-electron chi connectivity index (χ2n) is 3.12. The second-order valence-corrected chi connectivity index (χ2v) is 4.05. The quantitative estimate of drug-likeness (QED) is 0.774. The molecule has 1 atom stereocenters. The summed E-state index contributed by atoms with van der Waals surface area (Å²) < 4.78 is 5.26. The number of anilines is 1. The van der Waals surface area contributed by atoms with Crippen LogP contribution in [0.3, 0.4) is 0 Å². The summed E-state index contributed by atoms with van der Waals surface area (Å²) in [5.74, 6) is 0.0113. The molecule has 0 bridgehead atoms. The summed E-state index contributed by atoms with van der Waals surface area (Å²) in [7, 11) is 0. The van der Waals surface area contributed by atoms with E-state index in [-0.39, 0.29) is 18.6 Å². The van der Waals surface area contributed by atoms with E-state index >= 15 is 0 Å². The number of nitrogens with two attached hydrogens (primary N) is 1. The molecule has 1 amide bonds. The number of rotatable bonds is 2. The lowest BCUT2D eigenvalue weighted by Gasteiger charge is -2.31. The van der Waals surface area contributed by atoms with Gasteiger partial charge in [-0.3, -0.25) is 9.69 Å². The number of carbonyl (C=O) groups is 1. The minimum absolute atomic E-state index is 0.0113. The van der Waals surface area contributed by atoms with Crippen molar-refractivity contribution in [2.75, 3.05) is 24.6 Å². The normalized spacial score (nSPS) is 22.8. The Hall–Kier alpha value is -0.910. The Morgan fingerprint density at radius 1 is 1.71 bits per heavy atom. The summed E-state index contributed by atoms with van der Waals surface area (Å²) in [4.78, 5) is 13.3. The lowest BCUT2D eigenvalue weighted by Crippen LogP contribution is -2.49. The van der Waals surface area contributed by atoms with Gasteiger partial charge in [0.1, 0.15) is 6.61 Å². The van der Waals surface area contributed by atoms with Crippen LogP contribution in [0, 0.1) is 0 Å². The molecule has 0 saturated carbocycles. The van der Waals surface area contributed by atoms with Gasteiger partial charge >= 0.3 is 0 Å². The van der Waals surface area contributed by atoms with Gasteiger partial charge in [-0.05, 0) is 17.5 Å². The van der Waals surface area contributed by atoms with Crippen molar-refractivity contribution in [3.05, 3.63) is 17.5 Å². The van der Waals surface area contributed by atoms with Gasteiger partial charge < -0.3 is 10.5 Å². The minimum atomic E-state index is -0.0326. The molecule has 0 spiro atoms. The van der Waals surface area contributed by atoms with E-state index in [1.54, 1.807) is 16.2 Å². The number of amides is 1. The number of hydrogen-bond donors (Lipinski definition) is 1. The van der Waals surface area contributed by atoms with Crippen molar-refractivity contribution < 1.29 is 9.53 Å². The molecule has 0 aliphatic carbocycles. The summed E-state index contributed by atoms with van der Waals surface area (Å²) >= 11 is 1.55. The van der Waals surface area contributed by atoms with Gasteiger partial charge in [-0.2, -0.15) is 0 Å². The first-order chi connectivity index (χ1) is 6.81. The molecule has 5 heteroatoms. The van der Waals surface area contributed by atoms with Gasteiger partial charge in [0, 0.05) is 6.54 Å². The molecule has 1 fully saturated rings. The van der Waals surface area contributed by atoms with Crippen molar-refractivity contribution in [2.45, 2.75) is 6.10 Å². The van der Waals surface area contributed by atoms with Crippen molar-refractivity contribution in [3.8, 4) is 0 Å². The summed E-state index contributed by atoms with van der Waals surface area (Å²) in [5.41, 5.74) is 5.50. The molecule has 2 N–H and O–H groups in total. The standard InChI is InChI=1S/C9H12N2O2S/c10-4-7-5-11(8(12)6-13-7)9-2-1-3-14-9/h1-3,7H,4-6,10H2. The van der Waals surface area contributed by atoms with Crippen molar-refractivity contribution >= 4 is 22.2 Å². The van der Waals surface area contributed by atoms with Gasteiger partial charge in [0.05, 0.1) is 17.6 Å². The van der Waals surface area contributed by atoms with Gasteiger partial charge in [-0.25, -0.2) is 0 Å². The molecule has 1 aromatic rings. The molecule has 1 unspecified atom stereocenters. The van der Waals surface area contributed by atoms with E-state index in [0.717, 1.165) is 5.00 Å². The maximum absolute atomic E-state index is 11.5. The highest BCUT2D eigenvalue weighted by atomic mass is 32.1. The molecule has 0 radical (unpaired) electrons. The molecule has 4 nitrogen and oxygen atoms in total. The van der Waals surface area contributed by atoms with Crippen molar-refractivity contribution in [1.82, 2.24) is 0 Å². The molecule has 1 aliphatic rings. The SMILES string of the molecule is NCC1CN(c2cccs2)C(=O)CO1. The van der Waals surface area contributed by atoms with Crippen LogP contribution in [0.2, 0.25) is 0 Å². The third kappa shape index (κ3) is 1.79. The van der Waals surface area contributed by atoms with Crippen LogP contribution in [0.15, 0.2) is 17.5 Å². The van der Waals surface area contributed by atoms with Crippen molar-refractivity contribution in [3.63, 3.8) is 0 Å². The van der Waals surface area contributed by atoms with E-state index in [1.165, 1.54) is 0 Å². The van der Waals surface area contributed by atoms with Crippen LogP contribution in [0.1, 0.15) is 0 Å². The first kappa shape index (κ1) is 9.64. The maximum Gasteiger partial charge on any atom is 0.253 e. The van der Waals surface area contributed by atoms with E-state index in [1.807, 2.05) is 17.5 Å². The largest absolute Gasteiger partial charge is 0.365 e. The van der Waals surface area contributed by atoms with Crippen LogP contribution < -0.4 is 10.6 Å². The highest BCUT2D eigenvalue weighted by Crippen LogP contribution is 2.23. The molecule has 2 heterocycles. The van der Waals surface area contributed by atoms with Crippen LogP contribution in [0.4, 0.5) is 5.00 Å². The maximum atomic E-state index is 11.5. The van der Waals surface area contributed by atoms with Crippen LogP contribution in [0.25, 0.3) is 0 Å². The summed E-state index contributed by atoms with van der Waals surface area (Å²) in [6.07, 6.45) is -0.0326. The second kappa shape index (κ2) is 4.08. The van der Waals surface area contributed by atoms with E-state index in [4.69, 9.17) is 10.5 Å². The molecule has 14 heavy (non-hydrogen) atoms. The lowest BCUT2D eigenvalue weighted by molar-refractivity contribution is -0.128. The minimum Gasteiger partial charge on any atom is -0.365 e. The number of morpholine rings is 1. The fourth-order valence-corrected chi connectivity index (χ4v) is 2.16.